The maximum Gasteiger partial charge on any atom is 0.255 e. The van der Waals surface area contributed by atoms with Crippen LogP contribution in [0.25, 0.3) is 11.1 Å². The summed E-state index contributed by atoms with van der Waals surface area (Å²) in [4.78, 5) is 19.4. The van der Waals surface area contributed by atoms with Crippen LogP contribution in [0.1, 0.15) is 58.3 Å². The molecule has 1 aromatic heterocycles. The van der Waals surface area contributed by atoms with Crippen molar-refractivity contribution < 1.29 is 9.53 Å². The van der Waals surface area contributed by atoms with Gasteiger partial charge in [-0.3, -0.25) is 15.1 Å². The zero-order valence-corrected chi connectivity index (χ0v) is 21.1. The Kier molecular flexibility index (Phi) is 6.38. The monoisotopic (exact) mass is 495 g/mol. The summed E-state index contributed by atoms with van der Waals surface area (Å²) in [5.74, 6) is 0.630. The fraction of sp³-hybridized carbons (Fsp3) is 0.367. The van der Waals surface area contributed by atoms with Crippen LogP contribution in [-0.2, 0) is 12.8 Å². The number of aromatic nitrogens is 1. The van der Waals surface area contributed by atoms with E-state index in [1.54, 1.807) is 24.4 Å². The molecule has 0 unspecified atom stereocenters. The Morgan fingerprint density at radius 2 is 1.84 bits per heavy atom. The van der Waals surface area contributed by atoms with Crippen molar-refractivity contribution in [1.82, 2.24) is 15.2 Å². The van der Waals surface area contributed by atoms with Crippen molar-refractivity contribution in [2.75, 3.05) is 32.0 Å². The lowest BCUT2D eigenvalue weighted by atomic mass is 9.95. The van der Waals surface area contributed by atoms with Crippen molar-refractivity contribution in [2.45, 2.75) is 44.6 Å². The second kappa shape index (κ2) is 9.98. The Hall–Kier alpha value is -3.71. The molecule has 4 N–H and O–H groups in total. The van der Waals surface area contributed by atoms with Crippen molar-refractivity contribution in [1.29, 1.82) is 5.41 Å². The van der Waals surface area contributed by atoms with Crippen LogP contribution >= 0.6 is 0 Å². The molecule has 0 bridgehead atoms. The first kappa shape index (κ1) is 23.7. The molecular formula is C30H33N5O2. The van der Waals surface area contributed by atoms with Gasteiger partial charge in [0.1, 0.15) is 18.2 Å². The fourth-order valence-corrected chi connectivity index (χ4v) is 5.95. The molecule has 0 radical (unpaired) electrons. The first-order valence-electron chi connectivity index (χ1n) is 13.3. The molecule has 1 aliphatic carbocycles. The normalized spacial score (nSPS) is 18.2. The van der Waals surface area contributed by atoms with Gasteiger partial charge < -0.3 is 15.8 Å². The molecular weight excluding hydrogens is 462 g/mol. The number of ether oxygens (including phenoxy) is 1. The van der Waals surface area contributed by atoms with Crippen LogP contribution in [0.15, 0.2) is 48.7 Å². The number of carbonyl (C=O) groups excluding carboxylic acids is 1. The average Bonchev–Trinajstić information content (AvgIpc) is 3.29. The molecule has 3 aromatic rings. The van der Waals surface area contributed by atoms with E-state index in [-0.39, 0.29) is 11.6 Å². The smallest absolute Gasteiger partial charge is 0.255 e. The highest BCUT2D eigenvalue weighted by molar-refractivity contribution is 6.14. The zero-order chi connectivity index (χ0) is 25.4. The summed E-state index contributed by atoms with van der Waals surface area (Å²) in [6, 6.07) is 14.6. The Labute approximate surface area is 217 Å². The molecule has 0 saturated heterocycles. The van der Waals surface area contributed by atoms with Gasteiger partial charge in [-0.2, -0.15) is 0 Å². The summed E-state index contributed by atoms with van der Waals surface area (Å²) >= 11 is 0. The number of fused-ring (bicyclic) bond motifs is 2. The number of amides is 1. The van der Waals surface area contributed by atoms with E-state index in [4.69, 9.17) is 15.9 Å². The number of nitrogens with zero attached hydrogens (tertiary/aromatic N) is 2. The molecule has 7 nitrogen and oxygen atoms in total. The number of nitrogens with two attached hydrogens (primary N) is 1. The van der Waals surface area contributed by atoms with E-state index in [1.165, 1.54) is 36.8 Å². The minimum Gasteiger partial charge on any atom is -0.491 e. The largest absolute Gasteiger partial charge is 0.491 e. The van der Waals surface area contributed by atoms with Gasteiger partial charge in [-0.1, -0.05) is 37.1 Å². The van der Waals surface area contributed by atoms with E-state index in [0.717, 1.165) is 43.1 Å². The number of pyridine rings is 1. The van der Waals surface area contributed by atoms with Crippen LogP contribution in [0.4, 0.5) is 5.82 Å². The topological polar surface area (TPSA) is 104 Å². The molecule has 37 heavy (non-hydrogen) atoms. The standard InChI is InChI=1S/C30H33N5O2/c31-28(22-7-8-25-27(17-22)37-14-11-33-30(25)36)26-16-23(18-34-29(26)32)20-6-5-19-9-12-35(13-10-21(19)15-20)24-3-1-2-4-24/h5-8,15-18,24,31H,1-4,9-14H2,(H2,32,34)(H,33,36). The number of benzene rings is 2. The Morgan fingerprint density at radius 1 is 1.03 bits per heavy atom. The van der Waals surface area contributed by atoms with Crippen LogP contribution in [0, 0.1) is 5.41 Å². The number of hydrogen-bond donors (Lipinski definition) is 3. The van der Waals surface area contributed by atoms with E-state index in [2.05, 4.69) is 33.4 Å². The van der Waals surface area contributed by atoms with Gasteiger partial charge in [-0.05, 0) is 60.6 Å². The highest BCUT2D eigenvalue weighted by Crippen LogP contribution is 2.31. The quantitative estimate of drug-likeness (QED) is 0.471. The minimum absolute atomic E-state index is 0.164. The number of nitrogen functional groups attached to an aromatic ring is 1. The predicted octanol–water partition coefficient (Wildman–Crippen LogP) is 4.21. The maximum absolute atomic E-state index is 12.2. The Morgan fingerprint density at radius 3 is 2.68 bits per heavy atom. The second-order valence-electron chi connectivity index (χ2n) is 10.3. The zero-order valence-electron chi connectivity index (χ0n) is 21.1. The highest BCUT2D eigenvalue weighted by Gasteiger charge is 2.25. The Bertz CT molecular complexity index is 1360. The molecule has 190 valence electrons. The van der Waals surface area contributed by atoms with E-state index in [0.29, 0.717) is 41.4 Å². The van der Waals surface area contributed by atoms with Crippen LogP contribution < -0.4 is 15.8 Å². The third kappa shape index (κ3) is 4.71. The number of carbonyl (C=O) groups is 1. The summed E-state index contributed by atoms with van der Waals surface area (Å²) in [6.07, 6.45) is 9.38. The van der Waals surface area contributed by atoms with Gasteiger partial charge in [0, 0.05) is 42.0 Å². The van der Waals surface area contributed by atoms with E-state index in [1.807, 2.05) is 6.07 Å². The average molecular weight is 496 g/mol. The molecule has 3 aliphatic rings. The molecule has 0 atom stereocenters. The first-order chi connectivity index (χ1) is 18.1. The number of rotatable bonds is 4. The summed E-state index contributed by atoms with van der Waals surface area (Å²) in [5, 5.41) is 11.7. The van der Waals surface area contributed by atoms with Crippen LogP contribution in [0.3, 0.4) is 0 Å². The third-order valence-corrected chi connectivity index (χ3v) is 8.07. The molecule has 7 heteroatoms. The first-order valence-corrected chi connectivity index (χ1v) is 13.3. The highest BCUT2D eigenvalue weighted by atomic mass is 16.5. The minimum atomic E-state index is -0.164. The summed E-state index contributed by atoms with van der Waals surface area (Å²) in [7, 11) is 0. The van der Waals surface area contributed by atoms with Crippen LogP contribution in [-0.4, -0.2) is 53.8 Å². The Balaban J connectivity index is 1.26. The molecule has 1 saturated carbocycles. The van der Waals surface area contributed by atoms with Crippen molar-refractivity contribution in [3.63, 3.8) is 0 Å². The number of anilines is 1. The lowest BCUT2D eigenvalue weighted by Crippen LogP contribution is -2.35. The molecule has 1 amide bonds. The molecule has 3 heterocycles. The lowest BCUT2D eigenvalue weighted by molar-refractivity contribution is 0.0957. The van der Waals surface area contributed by atoms with Gasteiger partial charge in [0.15, 0.2) is 0 Å². The van der Waals surface area contributed by atoms with Gasteiger partial charge in [-0.25, -0.2) is 4.98 Å². The fourth-order valence-electron chi connectivity index (χ4n) is 5.95. The molecule has 2 aromatic carbocycles. The van der Waals surface area contributed by atoms with Crippen LogP contribution in [0.5, 0.6) is 5.75 Å². The van der Waals surface area contributed by atoms with Crippen LogP contribution in [0.2, 0.25) is 0 Å². The van der Waals surface area contributed by atoms with Gasteiger partial charge >= 0.3 is 0 Å². The summed E-state index contributed by atoms with van der Waals surface area (Å²) in [6.45, 7) is 3.12. The van der Waals surface area contributed by atoms with Crippen molar-refractivity contribution >= 4 is 17.4 Å². The van der Waals surface area contributed by atoms with Crippen molar-refractivity contribution in [3.05, 3.63) is 76.5 Å². The second-order valence-corrected chi connectivity index (χ2v) is 10.3. The lowest BCUT2D eigenvalue weighted by Gasteiger charge is -2.26. The van der Waals surface area contributed by atoms with E-state index < -0.39 is 0 Å². The van der Waals surface area contributed by atoms with Gasteiger partial charge in [-0.15, -0.1) is 0 Å². The number of hydrogen-bond acceptors (Lipinski definition) is 6. The molecule has 0 spiro atoms. The van der Waals surface area contributed by atoms with E-state index in [9.17, 15) is 4.79 Å². The van der Waals surface area contributed by atoms with E-state index >= 15 is 0 Å². The molecule has 2 aliphatic heterocycles. The van der Waals surface area contributed by atoms with Gasteiger partial charge in [0.25, 0.3) is 5.91 Å². The summed E-state index contributed by atoms with van der Waals surface area (Å²) < 4.78 is 5.74. The van der Waals surface area contributed by atoms with Gasteiger partial charge in [0.2, 0.25) is 0 Å². The maximum atomic E-state index is 12.2. The molecule has 6 rings (SSSR count). The van der Waals surface area contributed by atoms with Crippen molar-refractivity contribution in [3.8, 4) is 16.9 Å². The van der Waals surface area contributed by atoms with Crippen molar-refractivity contribution in [2.24, 2.45) is 0 Å². The third-order valence-electron chi connectivity index (χ3n) is 8.07. The number of nitrogens with one attached hydrogen (secondary N) is 2. The SMILES string of the molecule is N=C(c1ccc2c(c1)OCCNC2=O)c1cc(-c2ccc3c(c2)CCN(C2CCCC2)CC3)cnc1N. The summed E-state index contributed by atoms with van der Waals surface area (Å²) in [5.41, 5.74) is 13.1. The molecule has 1 fully saturated rings. The predicted molar refractivity (Wildman–Crippen MR) is 146 cm³/mol. The van der Waals surface area contributed by atoms with Gasteiger partial charge in [0.05, 0.1) is 17.8 Å².